The fourth-order valence-corrected chi connectivity index (χ4v) is 2.34. The van der Waals surface area contributed by atoms with Crippen molar-refractivity contribution in [2.24, 2.45) is 0 Å². The molecular weight excluding hydrogens is 296 g/mol. The van der Waals surface area contributed by atoms with Crippen LogP contribution in [0.4, 0.5) is 16.2 Å². The first-order valence-corrected chi connectivity index (χ1v) is 7.90. The van der Waals surface area contributed by atoms with Crippen molar-refractivity contribution in [3.63, 3.8) is 0 Å². The molecule has 2 N–H and O–H groups in total. The Morgan fingerprint density at radius 2 is 1.82 bits per heavy atom. The maximum atomic E-state index is 12.0. The first-order valence-electron chi connectivity index (χ1n) is 7.52. The smallest absolute Gasteiger partial charge is 0.308 e. The van der Waals surface area contributed by atoms with Crippen LogP contribution in [-0.4, -0.2) is 6.03 Å². The summed E-state index contributed by atoms with van der Waals surface area (Å²) in [7, 11) is 0. The van der Waals surface area contributed by atoms with Gasteiger partial charge in [0.15, 0.2) is 0 Å². The number of hydrogen-bond donors (Lipinski definition) is 2. The van der Waals surface area contributed by atoms with Crippen LogP contribution in [-0.2, 0) is 6.42 Å². The second-order valence-corrected chi connectivity index (χ2v) is 5.70. The Morgan fingerprint density at radius 1 is 1.09 bits per heavy atom. The number of anilines is 2. The maximum Gasteiger partial charge on any atom is 0.323 e. The lowest BCUT2D eigenvalue weighted by Gasteiger charge is -2.11. The summed E-state index contributed by atoms with van der Waals surface area (Å²) in [5, 5.41) is 6.28. The fourth-order valence-electron chi connectivity index (χ4n) is 2.16. The molecular formula is C18H21ClN2O. The van der Waals surface area contributed by atoms with Gasteiger partial charge in [-0.25, -0.2) is 4.79 Å². The minimum Gasteiger partial charge on any atom is -0.308 e. The number of amides is 2. The number of nitrogens with one attached hydrogen (secondary N) is 2. The summed E-state index contributed by atoms with van der Waals surface area (Å²) in [4.78, 5) is 12.0. The molecule has 0 atom stereocenters. The van der Waals surface area contributed by atoms with Crippen molar-refractivity contribution >= 4 is 29.0 Å². The molecule has 2 aromatic rings. The van der Waals surface area contributed by atoms with Crippen molar-refractivity contribution < 1.29 is 4.79 Å². The topological polar surface area (TPSA) is 41.1 Å². The number of hydrogen-bond acceptors (Lipinski definition) is 1. The van der Waals surface area contributed by atoms with E-state index >= 15 is 0 Å². The maximum absolute atomic E-state index is 12.0. The van der Waals surface area contributed by atoms with Gasteiger partial charge in [-0.05, 0) is 55.2 Å². The van der Waals surface area contributed by atoms with Crippen LogP contribution < -0.4 is 10.6 Å². The van der Waals surface area contributed by atoms with Crippen molar-refractivity contribution in [1.82, 2.24) is 0 Å². The Hall–Kier alpha value is -2.00. The monoisotopic (exact) mass is 316 g/mol. The highest BCUT2D eigenvalue weighted by molar-refractivity contribution is 6.31. The second kappa shape index (κ2) is 7.85. The van der Waals surface area contributed by atoms with Crippen LogP contribution in [0.15, 0.2) is 42.5 Å². The molecule has 0 unspecified atom stereocenters. The van der Waals surface area contributed by atoms with Crippen LogP contribution in [0.5, 0.6) is 0 Å². The quantitative estimate of drug-likeness (QED) is 0.737. The van der Waals surface area contributed by atoms with E-state index in [-0.39, 0.29) is 6.03 Å². The van der Waals surface area contributed by atoms with E-state index in [0.717, 1.165) is 17.7 Å². The van der Waals surface area contributed by atoms with Crippen molar-refractivity contribution in [3.8, 4) is 0 Å². The molecule has 0 aromatic heterocycles. The average Bonchev–Trinajstić information content (AvgIpc) is 2.51. The van der Waals surface area contributed by atoms with Crippen LogP contribution in [0.2, 0.25) is 5.02 Å². The molecule has 0 aliphatic rings. The third-order valence-corrected chi connectivity index (χ3v) is 3.96. The minimum atomic E-state index is -0.272. The lowest BCUT2D eigenvalue weighted by Crippen LogP contribution is -2.20. The van der Waals surface area contributed by atoms with Crippen LogP contribution in [0.1, 0.15) is 30.9 Å². The predicted octanol–water partition coefficient (Wildman–Crippen LogP) is 5.64. The van der Waals surface area contributed by atoms with E-state index in [2.05, 4.69) is 29.7 Å². The zero-order valence-corrected chi connectivity index (χ0v) is 13.7. The molecule has 3 nitrogen and oxygen atoms in total. The summed E-state index contributed by atoms with van der Waals surface area (Å²) >= 11 is 6.04. The number of carbonyl (C=O) groups is 1. The molecule has 0 aliphatic carbocycles. The standard InChI is InChI=1S/C18H21ClN2O/c1-3-4-6-14-9-11-15(12-10-14)20-18(22)21-17-8-5-7-16(19)13(17)2/h5,7-12H,3-4,6H2,1-2H3,(H2,20,21,22). The van der Waals surface area contributed by atoms with E-state index in [0.29, 0.717) is 10.7 Å². The van der Waals surface area contributed by atoms with Gasteiger partial charge in [-0.2, -0.15) is 0 Å². The summed E-state index contributed by atoms with van der Waals surface area (Å²) in [6.07, 6.45) is 3.44. The Kier molecular flexibility index (Phi) is 5.84. The van der Waals surface area contributed by atoms with Gasteiger partial charge in [0.1, 0.15) is 0 Å². The molecule has 0 spiro atoms. The van der Waals surface area contributed by atoms with Crippen LogP contribution in [0.3, 0.4) is 0 Å². The largest absolute Gasteiger partial charge is 0.323 e. The number of aryl methyl sites for hydroxylation is 1. The molecule has 0 saturated carbocycles. The summed E-state index contributed by atoms with van der Waals surface area (Å²) < 4.78 is 0. The Balaban J connectivity index is 1.95. The van der Waals surface area contributed by atoms with Gasteiger partial charge in [0.05, 0.1) is 0 Å². The second-order valence-electron chi connectivity index (χ2n) is 5.29. The van der Waals surface area contributed by atoms with Gasteiger partial charge in [-0.1, -0.05) is 43.1 Å². The van der Waals surface area contributed by atoms with E-state index in [1.807, 2.05) is 31.2 Å². The number of urea groups is 1. The van der Waals surface area contributed by atoms with Crippen molar-refractivity contribution in [2.45, 2.75) is 33.1 Å². The number of carbonyl (C=O) groups excluding carboxylic acids is 1. The van der Waals surface area contributed by atoms with Gasteiger partial charge in [-0.3, -0.25) is 0 Å². The molecule has 0 fully saturated rings. The zero-order chi connectivity index (χ0) is 15.9. The molecule has 2 amide bonds. The fraction of sp³-hybridized carbons (Fsp3) is 0.278. The lowest BCUT2D eigenvalue weighted by molar-refractivity contribution is 0.262. The molecule has 0 heterocycles. The molecule has 0 radical (unpaired) electrons. The zero-order valence-electron chi connectivity index (χ0n) is 12.9. The Morgan fingerprint density at radius 3 is 2.50 bits per heavy atom. The predicted molar refractivity (Wildman–Crippen MR) is 93.9 cm³/mol. The van der Waals surface area contributed by atoms with Gasteiger partial charge < -0.3 is 10.6 Å². The van der Waals surface area contributed by atoms with E-state index in [1.165, 1.54) is 18.4 Å². The molecule has 2 rings (SSSR count). The lowest BCUT2D eigenvalue weighted by atomic mass is 10.1. The summed E-state index contributed by atoms with van der Waals surface area (Å²) in [5.74, 6) is 0. The SMILES string of the molecule is CCCCc1ccc(NC(=O)Nc2cccc(Cl)c2C)cc1. The third kappa shape index (κ3) is 4.50. The Bertz CT molecular complexity index is 638. The third-order valence-electron chi connectivity index (χ3n) is 3.55. The van der Waals surface area contributed by atoms with Gasteiger partial charge in [0.2, 0.25) is 0 Å². The van der Waals surface area contributed by atoms with Gasteiger partial charge >= 0.3 is 6.03 Å². The van der Waals surface area contributed by atoms with Crippen molar-refractivity contribution in [1.29, 1.82) is 0 Å². The number of rotatable bonds is 5. The van der Waals surface area contributed by atoms with Gasteiger partial charge in [0, 0.05) is 16.4 Å². The number of unbranched alkanes of at least 4 members (excludes halogenated alkanes) is 1. The molecule has 0 saturated heterocycles. The number of benzene rings is 2. The van der Waals surface area contributed by atoms with Gasteiger partial charge in [-0.15, -0.1) is 0 Å². The van der Waals surface area contributed by atoms with E-state index in [9.17, 15) is 4.79 Å². The van der Waals surface area contributed by atoms with E-state index < -0.39 is 0 Å². The van der Waals surface area contributed by atoms with Crippen LogP contribution in [0.25, 0.3) is 0 Å². The normalized spacial score (nSPS) is 10.3. The summed E-state index contributed by atoms with van der Waals surface area (Å²) in [5.41, 5.74) is 3.63. The number of halogens is 1. The van der Waals surface area contributed by atoms with Gasteiger partial charge in [0.25, 0.3) is 0 Å². The molecule has 0 bridgehead atoms. The molecule has 116 valence electrons. The summed E-state index contributed by atoms with van der Waals surface area (Å²) in [6.45, 7) is 4.05. The first kappa shape index (κ1) is 16.4. The van der Waals surface area contributed by atoms with Crippen molar-refractivity contribution in [2.75, 3.05) is 10.6 Å². The summed E-state index contributed by atoms with van der Waals surface area (Å²) in [6, 6.07) is 13.1. The molecule has 0 aliphatic heterocycles. The average molecular weight is 317 g/mol. The highest BCUT2D eigenvalue weighted by Gasteiger charge is 2.06. The highest BCUT2D eigenvalue weighted by atomic mass is 35.5. The minimum absolute atomic E-state index is 0.272. The van der Waals surface area contributed by atoms with Crippen LogP contribution in [0, 0.1) is 6.92 Å². The van der Waals surface area contributed by atoms with E-state index in [1.54, 1.807) is 6.07 Å². The highest BCUT2D eigenvalue weighted by Crippen LogP contribution is 2.23. The molecule has 2 aromatic carbocycles. The van der Waals surface area contributed by atoms with Crippen LogP contribution >= 0.6 is 11.6 Å². The van der Waals surface area contributed by atoms with Crippen molar-refractivity contribution in [3.05, 3.63) is 58.6 Å². The van der Waals surface area contributed by atoms with E-state index in [4.69, 9.17) is 11.6 Å². The Labute approximate surface area is 136 Å². The molecule has 22 heavy (non-hydrogen) atoms. The molecule has 4 heteroatoms. The first-order chi connectivity index (χ1) is 10.6.